The van der Waals surface area contributed by atoms with Crippen LogP contribution in [0.5, 0.6) is 0 Å². The molecule has 0 unspecified atom stereocenters. The van der Waals surface area contributed by atoms with E-state index in [1.807, 2.05) is 6.07 Å². The summed E-state index contributed by atoms with van der Waals surface area (Å²) in [7, 11) is 0. The lowest BCUT2D eigenvalue weighted by Crippen LogP contribution is -2.47. The van der Waals surface area contributed by atoms with Gasteiger partial charge in [-0.05, 0) is 93.5 Å². The summed E-state index contributed by atoms with van der Waals surface area (Å²) in [6.07, 6.45) is 4.96. The average molecular weight is 404 g/mol. The molecule has 2 saturated heterocycles. The Morgan fingerprint density at radius 3 is 2.53 bits per heavy atom. The summed E-state index contributed by atoms with van der Waals surface area (Å²) < 4.78 is 0. The first-order chi connectivity index (χ1) is 14.7. The van der Waals surface area contributed by atoms with E-state index in [4.69, 9.17) is 0 Å². The van der Waals surface area contributed by atoms with Crippen molar-refractivity contribution in [1.82, 2.24) is 15.1 Å². The Morgan fingerprint density at radius 1 is 1.00 bits per heavy atom. The third-order valence-corrected chi connectivity index (χ3v) is 7.22. The lowest BCUT2D eigenvalue weighted by atomic mass is 9.87. The number of nitrogens with zero attached hydrogens (tertiary/aromatic N) is 3. The second kappa shape index (κ2) is 8.40. The monoisotopic (exact) mass is 403 g/mol. The van der Waals surface area contributed by atoms with E-state index in [1.54, 1.807) is 0 Å². The predicted octanol–water partition coefficient (Wildman–Crippen LogP) is 4.62. The molecule has 0 bridgehead atoms. The van der Waals surface area contributed by atoms with E-state index in [2.05, 4.69) is 63.8 Å². The molecule has 5 heteroatoms. The van der Waals surface area contributed by atoms with Crippen molar-refractivity contribution in [1.29, 1.82) is 0 Å². The summed E-state index contributed by atoms with van der Waals surface area (Å²) in [5.41, 5.74) is 5.86. The number of fused-ring (bicyclic) bond motifs is 1. The Kier molecular flexibility index (Phi) is 5.48. The summed E-state index contributed by atoms with van der Waals surface area (Å²) in [5, 5.41) is 6.85. The molecule has 2 fully saturated rings. The van der Waals surface area contributed by atoms with E-state index in [-0.39, 0.29) is 6.03 Å². The number of rotatable bonds is 4. The molecule has 0 aromatic heterocycles. The van der Waals surface area contributed by atoms with E-state index in [1.165, 1.54) is 68.6 Å². The van der Waals surface area contributed by atoms with Crippen molar-refractivity contribution in [2.75, 3.05) is 31.5 Å². The molecule has 157 valence electrons. The van der Waals surface area contributed by atoms with E-state index in [0.29, 0.717) is 5.92 Å². The van der Waals surface area contributed by atoms with Gasteiger partial charge in [0.05, 0.1) is 11.4 Å². The summed E-state index contributed by atoms with van der Waals surface area (Å²) >= 11 is 0. The number of carbonyl (C=O) groups excluding carboxylic acids is 1. The van der Waals surface area contributed by atoms with Crippen molar-refractivity contribution in [2.45, 2.75) is 51.1 Å². The Morgan fingerprint density at radius 2 is 1.77 bits per heavy atom. The highest BCUT2D eigenvalue weighted by molar-refractivity contribution is 6.02. The molecule has 3 heterocycles. The number of hydrogen-bond donors (Lipinski definition) is 1. The normalized spacial score (nSPS) is 21.3. The number of piperidine rings is 2. The highest BCUT2D eigenvalue weighted by atomic mass is 16.2. The Balaban J connectivity index is 1.11. The van der Waals surface area contributed by atoms with Crippen LogP contribution in [0, 0.1) is 6.92 Å². The topological polar surface area (TPSA) is 49.7 Å². The van der Waals surface area contributed by atoms with Crippen LogP contribution < -0.4 is 10.6 Å². The maximum Gasteiger partial charge on any atom is 0.346 e. The lowest BCUT2D eigenvalue weighted by molar-refractivity contribution is 0.0845. The largest absolute Gasteiger partial charge is 0.346 e. The second-order valence-electron chi connectivity index (χ2n) is 9.06. The van der Waals surface area contributed by atoms with Crippen LogP contribution in [0.3, 0.4) is 0 Å². The van der Waals surface area contributed by atoms with Gasteiger partial charge in [-0.2, -0.15) is 5.32 Å². The molecule has 5 nitrogen and oxygen atoms in total. The van der Waals surface area contributed by atoms with Gasteiger partial charge in [0, 0.05) is 12.6 Å². The number of benzene rings is 2. The van der Waals surface area contributed by atoms with Gasteiger partial charge in [-0.1, -0.05) is 30.3 Å². The van der Waals surface area contributed by atoms with E-state index in [0.717, 1.165) is 24.0 Å². The highest BCUT2D eigenvalue weighted by Gasteiger charge is 2.29. The van der Waals surface area contributed by atoms with Crippen molar-refractivity contribution in [3.05, 3.63) is 59.2 Å². The number of anilines is 1. The minimum absolute atomic E-state index is 0.245. The number of urea groups is 1. The molecule has 0 spiro atoms. The number of nitrogens with one attached hydrogen (secondary N) is 1. The molecule has 0 atom stereocenters. The maximum atomic E-state index is 11.5. The molecule has 3 aliphatic rings. The Hall–Kier alpha value is -2.37. The minimum atomic E-state index is -0.245. The van der Waals surface area contributed by atoms with Crippen LogP contribution in [0.25, 0.3) is 0 Å². The molecule has 2 amide bonds. The van der Waals surface area contributed by atoms with Crippen LogP contribution in [0.2, 0.25) is 0 Å². The van der Waals surface area contributed by atoms with Crippen LogP contribution >= 0.6 is 0 Å². The quantitative estimate of drug-likeness (QED) is 0.810. The Bertz CT molecular complexity index is 911. The van der Waals surface area contributed by atoms with Gasteiger partial charge in [-0.3, -0.25) is 4.90 Å². The van der Waals surface area contributed by atoms with Crippen molar-refractivity contribution in [2.24, 2.45) is 0 Å². The fraction of sp³-hybridized carbons (Fsp3) is 0.480. The molecule has 0 saturated carbocycles. The fourth-order valence-electron chi connectivity index (χ4n) is 5.32. The molecule has 1 N–H and O–H groups in total. The first-order valence-electron chi connectivity index (χ1n) is 11.3. The summed E-state index contributed by atoms with van der Waals surface area (Å²) in [4.78, 5) is 16.8. The zero-order valence-corrected chi connectivity index (χ0v) is 17.8. The molecule has 1 radical (unpaired) electrons. The highest BCUT2D eigenvalue weighted by Crippen LogP contribution is 2.35. The van der Waals surface area contributed by atoms with Crippen molar-refractivity contribution < 1.29 is 4.79 Å². The van der Waals surface area contributed by atoms with E-state index in [9.17, 15) is 4.79 Å². The number of aryl methyl sites for hydroxylation is 1. The van der Waals surface area contributed by atoms with Crippen molar-refractivity contribution in [3.8, 4) is 0 Å². The third-order valence-electron chi connectivity index (χ3n) is 7.22. The summed E-state index contributed by atoms with van der Waals surface area (Å²) in [5.74, 6) is 0.582. The second-order valence-corrected chi connectivity index (χ2v) is 9.06. The lowest BCUT2D eigenvalue weighted by Gasteiger charge is -2.42. The van der Waals surface area contributed by atoms with Crippen molar-refractivity contribution >= 4 is 17.4 Å². The van der Waals surface area contributed by atoms with Gasteiger partial charge >= 0.3 is 6.03 Å². The molecule has 30 heavy (non-hydrogen) atoms. The van der Waals surface area contributed by atoms with Crippen LogP contribution in [0.15, 0.2) is 42.5 Å². The van der Waals surface area contributed by atoms with Crippen molar-refractivity contribution in [3.63, 3.8) is 0 Å². The average Bonchev–Trinajstić information content (AvgIpc) is 3.15. The number of hydrogen-bond acceptors (Lipinski definition) is 3. The fourth-order valence-corrected chi connectivity index (χ4v) is 5.32. The zero-order chi connectivity index (χ0) is 20.5. The molecule has 5 rings (SSSR count). The number of carbonyl (C=O) groups is 1. The third kappa shape index (κ3) is 4.09. The molecule has 0 aliphatic carbocycles. The molecule has 3 aliphatic heterocycles. The first-order valence-corrected chi connectivity index (χ1v) is 11.3. The SMILES string of the molecule is Cc1ccccc1CN1CCC(N2CCC(c3ccc4c(c3)[N]C(=O)N4)CC2)CC1. The summed E-state index contributed by atoms with van der Waals surface area (Å²) in [6, 6.07) is 15.5. The predicted molar refractivity (Wildman–Crippen MR) is 120 cm³/mol. The molecule has 2 aromatic carbocycles. The number of amides is 2. The minimum Gasteiger partial charge on any atom is -0.304 e. The van der Waals surface area contributed by atoms with E-state index < -0.39 is 0 Å². The van der Waals surface area contributed by atoms with Gasteiger partial charge in [0.1, 0.15) is 0 Å². The van der Waals surface area contributed by atoms with Gasteiger partial charge < -0.3 is 10.2 Å². The number of likely N-dealkylation sites (tertiary alicyclic amines) is 2. The van der Waals surface area contributed by atoms with Crippen LogP contribution in [-0.2, 0) is 6.54 Å². The molecule has 2 aromatic rings. The van der Waals surface area contributed by atoms with Gasteiger partial charge in [-0.15, -0.1) is 0 Å². The zero-order valence-electron chi connectivity index (χ0n) is 17.8. The van der Waals surface area contributed by atoms with Gasteiger partial charge in [0.15, 0.2) is 0 Å². The van der Waals surface area contributed by atoms with Crippen LogP contribution in [-0.4, -0.2) is 48.1 Å². The molecular weight excluding hydrogens is 372 g/mol. The van der Waals surface area contributed by atoms with Crippen LogP contribution in [0.1, 0.15) is 48.3 Å². The smallest absolute Gasteiger partial charge is 0.304 e. The van der Waals surface area contributed by atoms with Gasteiger partial charge in [0.2, 0.25) is 0 Å². The maximum absolute atomic E-state index is 11.5. The summed E-state index contributed by atoms with van der Waals surface area (Å²) in [6.45, 7) is 8.06. The Labute approximate surface area is 179 Å². The van der Waals surface area contributed by atoms with E-state index >= 15 is 0 Å². The first kappa shape index (κ1) is 19.6. The van der Waals surface area contributed by atoms with Gasteiger partial charge in [0.25, 0.3) is 0 Å². The van der Waals surface area contributed by atoms with Gasteiger partial charge in [-0.25, -0.2) is 4.79 Å². The molecular formula is C25H31N4O. The van der Waals surface area contributed by atoms with Crippen LogP contribution in [0.4, 0.5) is 16.2 Å². The standard InChI is InChI=1S/C25H31N4O/c1-18-4-2-3-5-21(18)17-28-12-10-22(11-13-28)29-14-8-19(9-15-29)20-6-7-23-24(16-20)27-25(30)26-23/h2-7,16,19,22H,8-15,17H2,1H3,(H,26,30).